The SMILES string of the molecule is C=CCOC12Oc3ccc(Oc4cccc(C=O)c4)cc3C3C(CCCCO)C(CCCCO)C=C(C(=NOC4CCCCO4)CC1N(CCC)C(=O)c1ccc4c(c1)OCO4)C32. The van der Waals surface area contributed by atoms with Crippen LogP contribution < -0.4 is 18.9 Å². The number of oxime groups is 1. The number of nitrogens with zero attached hydrogens (tertiary/aromatic N) is 2. The van der Waals surface area contributed by atoms with Crippen LogP contribution >= 0.6 is 0 Å². The quantitative estimate of drug-likeness (QED) is 0.0485. The van der Waals surface area contributed by atoms with Gasteiger partial charge in [0.2, 0.25) is 18.9 Å². The van der Waals surface area contributed by atoms with Crippen LogP contribution in [0.5, 0.6) is 28.7 Å². The molecule has 5 aliphatic rings. The van der Waals surface area contributed by atoms with Crippen LogP contribution in [0.15, 0.2) is 90.1 Å². The zero-order chi connectivity index (χ0) is 43.8. The number of hydrogen-bond acceptors (Lipinski definition) is 12. The lowest BCUT2D eigenvalue weighted by atomic mass is 9.55. The molecule has 7 unspecified atom stereocenters. The van der Waals surface area contributed by atoms with Gasteiger partial charge in [-0.15, -0.1) is 6.58 Å². The number of fused-ring (bicyclic) bond motifs is 3. The van der Waals surface area contributed by atoms with E-state index in [1.165, 1.54) is 0 Å². The smallest absolute Gasteiger partial charge is 0.254 e. The molecule has 2 fully saturated rings. The standard InChI is InChI=1S/C50H60N2O11/c1-3-21-52(49(56)35-17-19-43-44(28-35)59-32-58-43)45-30-41(51-63-46-16-7-10-25-57-46)39-27-34(13-5-8-22-53)38(15-6-9-23-54)47-40-29-37(61-36-14-11-12-33(26-36)31-55)18-20-42(40)62-50(45,48(39)47)60-24-4-2/h4,11-12,14,17-20,26-29,31,34,38,45-48,53-54H,2-3,5-10,13,15-16,21-25,30,32H2,1H3. The van der Waals surface area contributed by atoms with Gasteiger partial charge >= 0.3 is 0 Å². The fraction of sp³-hybridized carbons (Fsp3) is 0.500. The van der Waals surface area contributed by atoms with Crippen molar-refractivity contribution in [2.24, 2.45) is 22.9 Å². The zero-order valence-corrected chi connectivity index (χ0v) is 36.2. The average molecular weight is 865 g/mol. The van der Waals surface area contributed by atoms with Crippen LogP contribution in [0.2, 0.25) is 0 Å². The van der Waals surface area contributed by atoms with E-state index in [1.807, 2.05) is 36.1 Å². The van der Waals surface area contributed by atoms with E-state index in [2.05, 4.69) is 12.7 Å². The van der Waals surface area contributed by atoms with E-state index >= 15 is 4.79 Å². The van der Waals surface area contributed by atoms with Crippen molar-refractivity contribution in [2.75, 3.05) is 39.8 Å². The monoisotopic (exact) mass is 864 g/mol. The average Bonchev–Trinajstić information content (AvgIpc) is 3.79. The lowest BCUT2D eigenvalue weighted by Gasteiger charge is -2.60. The Hall–Kier alpha value is -5.21. The largest absolute Gasteiger partial charge is 0.459 e. The molecule has 0 aromatic heterocycles. The van der Waals surface area contributed by atoms with E-state index < -0.39 is 24.0 Å². The molecule has 8 rings (SSSR count). The molecule has 13 heteroatoms. The van der Waals surface area contributed by atoms with Crippen molar-refractivity contribution in [1.82, 2.24) is 4.90 Å². The van der Waals surface area contributed by atoms with Gasteiger partial charge in [-0.3, -0.25) is 9.59 Å². The van der Waals surface area contributed by atoms with Crippen LogP contribution in [0, 0.1) is 17.8 Å². The second-order valence-electron chi connectivity index (χ2n) is 17.0. The van der Waals surface area contributed by atoms with Gasteiger partial charge in [0.15, 0.2) is 11.5 Å². The van der Waals surface area contributed by atoms with Crippen molar-refractivity contribution in [3.8, 4) is 28.7 Å². The summed E-state index contributed by atoms with van der Waals surface area (Å²) in [4.78, 5) is 35.0. The molecule has 336 valence electrons. The highest BCUT2D eigenvalue weighted by molar-refractivity contribution is 6.03. The number of rotatable bonds is 20. The Kier molecular flexibility index (Phi) is 14.5. The number of unbranched alkanes of at least 4 members (excludes halogenated alkanes) is 2. The number of amides is 1. The van der Waals surface area contributed by atoms with E-state index in [9.17, 15) is 15.0 Å². The second-order valence-corrected chi connectivity index (χ2v) is 17.0. The van der Waals surface area contributed by atoms with Gasteiger partial charge in [-0.1, -0.05) is 49.2 Å². The van der Waals surface area contributed by atoms with E-state index in [0.29, 0.717) is 84.4 Å². The van der Waals surface area contributed by atoms with Gasteiger partial charge in [-0.25, -0.2) is 0 Å². The zero-order valence-electron chi connectivity index (χ0n) is 36.2. The number of ether oxygens (including phenoxy) is 6. The van der Waals surface area contributed by atoms with Crippen LogP contribution in [0.4, 0.5) is 0 Å². The van der Waals surface area contributed by atoms with Crippen molar-refractivity contribution in [3.63, 3.8) is 0 Å². The molecule has 13 nitrogen and oxygen atoms in total. The van der Waals surface area contributed by atoms with Crippen molar-refractivity contribution >= 4 is 17.9 Å². The molecule has 2 aliphatic carbocycles. The summed E-state index contributed by atoms with van der Waals surface area (Å²) in [5.74, 6) is 0.507. The molecule has 7 atom stereocenters. The van der Waals surface area contributed by atoms with Crippen molar-refractivity contribution < 1.29 is 53.1 Å². The minimum absolute atomic E-state index is 0.0266. The third-order valence-electron chi connectivity index (χ3n) is 13.0. The summed E-state index contributed by atoms with van der Waals surface area (Å²) >= 11 is 0. The number of hydrogen-bond donors (Lipinski definition) is 2. The second kappa shape index (κ2) is 20.5. The Labute approximate surface area is 369 Å². The fourth-order valence-corrected chi connectivity index (χ4v) is 10.3. The lowest BCUT2D eigenvalue weighted by Crippen LogP contribution is -2.70. The predicted octanol–water partition coefficient (Wildman–Crippen LogP) is 8.73. The molecule has 1 amide bonds. The summed E-state index contributed by atoms with van der Waals surface area (Å²) in [6.45, 7) is 7.48. The minimum atomic E-state index is -1.43. The molecule has 2 N–H and O–H groups in total. The van der Waals surface area contributed by atoms with Crippen molar-refractivity contribution in [2.45, 2.75) is 102 Å². The highest BCUT2D eigenvalue weighted by Crippen LogP contribution is 2.62. The number of benzene rings is 3. The Morgan fingerprint density at radius 1 is 0.968 bits per heavy atom. The molecule has 0 bridgehead atoms. The van der Waals surface area contributed by atoms with Gasteiger partial charge in [0.1, 0.15) is 29.6 Å². The van der Waals surface area contributed by atoms with Crippen molar-refractivity contribution in [3.05, 3.63) is 102 Å². The lowest BCUT2D eigenvalue weighted by molar-refractivity contribution is -0.254. The number of aliphatic hydroxyl groups is 2. The molecule has 3 aromatic carbocycles. The Morgan fingerprint density at radius 2 is 1.78 bits per heavy atom. The maximum atomic E-state index is 15.1. The molecular weight excluding hydrogens is 805 g/mol. The van der Waals surface area contributed by atoms with Crippen LogP contribution in [-0.2, 0) is 14.3 Å². The van der Waals surface area contributed by atoms with Gasteiger partial charge in [0.05, 0.1) is 24.8 Å². The maximum absolute atomic E-state index is 15.1. The molecule has 3 aliphatic heterocycles. The van der Waals surface area contributed by atoms with Gasteiger partial charge in [0, 0.05) is 55.2 Å². The van der Waals surface area contributed by atoms with Gasteiger partial charge < -0.3 is 48.4 Å². The van der Waals surface area contributed by atoms with E-state index in [-0.39, 0.29) is 56.7 Å². The fourth-order valence-electron chi connectivity index (χ4n) is 10.3. The highest BCUT2D eigenvalue weighted by atomic mass is 16.8. The summed E-state index contributed by atoms with van der Waals surface area (Å²) in [5, 5.41) is 24.9. The van der Waals surface area contributed by atoms with E-state index in [1.54, 1.807) is 42.5 Å². The first-order chi connectivity index (χ1) is 30.9. The number of aldehydes is 1. The molecule has 3 heterocycles. The summed E-state index contributed by atoms with van der Waals surface area (Å²) in [5.41, 5.74) is 3.51. The van der Waals surface area contributed by atoms with Gasteiger partial charge in [0.25, 0.3) is 5.91 Å². The minimum Gasteiger partial charge on any atom is -0.459 e. The number of aliphatic hydroxyl groups excluding tert-OH is 2. The Balaban J connectivity index is 1.32. The summed E-state index contributed by atoms with van der Waals surface area (Å²) in [7, 11) is 0. The number of carbonyl (C=O) groups excluding carboxylic acids is 2. The van der Waals surface area contributed by atoms with Gasteiger partial charge in [-0.05, 0) is 111 Å². The third kappa shape index (κ3) is 9.38. The van der Waals surface area contributed by atoms with Crippen LogP contribution in [0.25, 0.3) is 0 Å². The van der Waals surface area contributed by atoms with Crippen LogP contribution in [0.1, 0.15) is 110 Å². The van der Waals surface area contributed by atoms with Crippen LogP contribution in [-0.4, -0.2) is 90.9 Å². The molecule has 1 saturated heterocycles. The van der Waals surface area contributed by atoms with E-state index in [4.69, 9.17) is 38.4 Å². The summed E-state index contributed by atoms with van der Waals surface area (Å²) in [6, 6.07) is 17.4. The third-order valence-corrected chi connectivity index (χ3v) is 13.0. The van der Waals surface area contributed by atoms with Crippen molar-refractivity contribution in [1.29, 1.82) is 0 Å². The van der Waals surface area contributed by atoms with Crippen LogP contribution in [0.3, 0.4) is 0 Å². The summed E-state index contributed by atoms with van der Waals surface area (Å²) < 4.78 is 38.3. The Morgan fingerprint density at radius 3 is 2.56 bits per heavy atom. The first-order valence-corrected chi connectivity index (χ1v) is 22.7. The number of carbonyl (C=O) groups is 2. The summed E-state index contributed by atoms with van der Waals surface area (Å²) in [6.07, 6.45) is 12.4. The normalized spacial score (nSPS) is 26.1. The highest BCUT2D eigenvalue weighted by Gasteiger charge is 2.65. The first-order valence-electron chi connectivity index (χ1n) is 22.7. The molecule has 0 spiro atoms. The van der Waals surface area contributed by atoms with E-state index in [0.717, 1.165) is 55.9 Å². The first kappa shape index (κ1) is 44.4. The molecule has 3 aromatic rings. The topological polar surface area (TPSA) is 155 Å². The molecule has 1 saturated carbocycles. The maximum Gasteiger partial charge on any atom is 0.254 e. The molecule has 0 radical (unpaired) electrons. The Bertz CT molecular complexity index is 2150. The van der Waals surface area contributed by atoms with Gasteiger partial charge in [-0.2, -0.15) is 0 Å². The molecule has 63 heavy (non-hydrogen) atoms. The predicted molar refractivity (Wildman–Crippen MR) is 235 cm³/mol. The number of allylic oxidation sites excluding steroid dienone is 1. The molecular formula is C50H60N2O11.